The van der Waals surface area contributed by atoms with Crippen LogP contribution in [-0.2, 0) is 14.3 Å². The van der Waals surface area contributed by atoms with Crippen molar-refractivity contribution in [3.05, 3.63) is 103 Å². The van der Waals surface area contributed by atoms with Crippen molar-refractivity contribution in [1.82, 2.24) is 0 Å². The van der Waals surface area contributed by atoms with Crippen molar-refractivity contribution in [1.29, 1.82) is 0 Å². The highest BCUT2D eigenvalue weighted by Gasteiger charge is 2.72. The number of carbonyl (C=O) groups is 2. The number of fused-ring (bicyclic) bond motifs is 7. The number of rotatable bonds is 11. The summed E-state index contributed by atoms with van der Waals surface area (Å²) in [6.45, 7) is 19.2. The van der Waals surface area contributed by atoms with Gasteiger partial charge in [0.25, 0.3) is 0 Å². The third kappa shape index (κ3) is 6.31. The zero-order valence-electron chi connectivity index (χ0n) is 36.4. The second kappa shape index (κ2) is 15.3. The average Bonchev–Trinajstić information content (AvgIpc) is 3.62. The van der Waals surface area contributed by atoms with Crippen molar-refractivity contribution in [3.8, 4) is 0 Å². The Labute approximate surface area is 350 Å². The zero-order chi connectivity index (χ0) is 41.1. The summed E-state index contributed by atoms with van der Waals surface area (Å²) < 4.78 is 6.57. The first kappa shape index (κ1) is 41.5. The molecule has 0 radical (unpaired) electrons. The quantitative estimate of drug-likeness (QED) is 0.0908. The summed E-state index contributed by atoms with van der Waals surface area (Å²) in [5.74, 6) is 1.42. The van der Waals surface area contributed by atoms with Crippen LogP contribution < -0.4 is 15.9 Å². The molecule has 0 heterocycles. The summed E-state index contributed by atoms with van der Waals surface area (Å²) in [5.41, 5.74) is 0.926. The second-order valence-electron chi connectivity index (χ2n) is 21.0. The molecule has 4 nitrogen and oxygen atoms in total. The number of carboxylic acid groups (broad SMARTS) is 1. The Morgan fingerprint density at radius 1 is 0.690 bits per heavy atom. The maximum Gasteiger partial charge on any atom is 0.309 e. The van der Waals surface area contributed by atoms with Gasteiger partial charge in [-0.1, -0.05) is 101 Å². The Bertz CT molecular complexity index is 1880. The van der Waals surface area contributed by atoms with Crippen LogP contribution in [0.15, 0.2) is 103 Å². The van der Waals surface area contributed by atoms with Crippen molar-refractivity contribution < 1.29 is 19.4 Å². The third-order valence-electron chi connectivity index (χ3n) is 18.4. The van der Waals surface area contributed by atoms with Crippen molar-refractivity contribution in [2.45, 2.75) is 131 Å². The van der Waals surface area contributed by atoms with Gasteiger partial charge in [-0.15, -0.1) is 0 Å². The predicted octanol–water partition coefficient (Wildman–Crippen LogP) is 11.8. The van der Waals surface area contributed by atoms with E-state index in [4.69, 9.17) is 4.74 Å². The molecule has 0 unspecified atom stereocenters. The molecule has 0 saturated heterocycles. The van der Waals surface area contributed by atoms with Crippen molar-refractivity contribution in [2.75, 3.05) is 6.16 Å². The standard InChI is InChI=1S/C53H69O4P/c1-37(2)41-28-33-53(48(55)56)35-34-51(6)42(47(41)53)26-27-44-50(5)31-30-45(49(3,4)43(50)29-32-52(44,51)7)57-46(54)25-17-18-36-58(38-19-11-8-12-20-38,39-21-13-9-14-22-39)40-23-15-10-16-24-40/h8-16,19-24,41-45,47H,1,17-18,25-36H2,2-7H3/p+1/t41-,42+,43-,44+,45-,47+,50-,51+,52+,53-/m0/s1. The molecule has 5 saturated carbocycles. The molecule has 5 aliphatic carbocycles. The lowest BCUT2D eigenvalue weighted by molar-refractivity contribution is -0.250. The van der Waals surface area contributed by atoms with Crippen LogP contribution in [-0.4, -0.2) is 29.3 Å². The van der Waals surface area contributed by atoms with E-state index in [1.54, 1.807) is 0 Å². The van der Waals surface area contributed by atoms with Crippen LogP contribution in [0.25, 0.3) is 0 Å². The molecule has 5 fully saturated rings. The SMILES string of the molecule is C=C(C)[C@@H]1CC[C@]2(C(=O)O)CC[C@]3(C)[C@H](CC[C@@H]4[C@@]5(C)CC[C@H](OC(=O)CCCC[P+](c6ccccc6)(c6ccccc6)c6ccccc6)C(C)(C)[C@@H]5CC[C@]43C)[C@@H]12. The first-order valence-corrected chi connectivity index (χ1v) is 24.8. The summed E-state index contributed by atoms with van der Waals surface area (Å²) in [5, 5.41) is 14.9. The summed E-state index contributed by atoms with van der Waals surface area (Å²) >= 11 is 0. The average molecular weight is 802 g/mol. The Kier molecular flexibility index (Phi) is 11.0. The topological polar surface area (TPSA) is 63.6 Å². The number of allylic oxidation sites excluding steroid dienone is 1. The van der Waals surface area contributed by atoms with Gasteiger partial charge in [0.15, 0.2) is 0 Å². The minimum Gasteiger partial charge on any atom is -0.481 e. The summed E-state index contributed by atoms with van der Waals surface area (Å²) in [6, 6.07) is 33.1. The Balaban J connectivity index is 0.956. The number of hydrogen-bond acceptors (Lipinski definition) is 3. The lowest BCUT2D eigenvalue weighted by Crippen LogP contribution is -2.67. The van der Waals surface area contributed by atoms with E-state index in [0.29, 0.717) is 30.1 Å². The minimum absolute atomic E-state index is 0.0360. The van der Waals surface area contributed by atoms with Crippen LogP contribution >= 0.6 is 7.26 Å². The number of carbonyl (C=O) groups excluding carboxylic acids is 1. The number of unbranched alkanes of at least 4 members (excludes halogenated alkanes) is 1. The molecule has 8 rings (SSSR count). The van der Waals surface area contributed by atoms with Gasteiger partial charge in [0, 0.05) is 11.8 Å². The number of carboxylic acids is 1. The van der Waals surface area contributed by atoms with E-state index in [1.807, 2.05) is 0 Å². The number of ether oxygens (including phenoxy) is 1. The smallest absolute Gasteiger partial charge is 0.309 e. The van der Waals surface area contributed by atoms with Crippen molar-refractivity contribution >= 4 is 35.1 Å². The van der Waals surface area contributed by atoms with Gasteiger partial charge in [-0.25, -0.2) is 0 Å². The van der Waals surface area contributed by atoms with E-state index in [1.165, 1.54) is 34.3 Å². The van der Waals surface area contributed by atoms with Gasteiger partial charge in [-0.3, -0.25) is 9.59 Å². The van der Waals surface area contributed by atoms with E-state index < -0.39 is 18.6 Å². The normalized spacial score (nSPS) is 36.4. The molecule has 0 amide bonds. The molecule has 0 aromatic heterocycles. The van der Waals surface area contributed by atoms with E-state index in [9.17, 15) is 14.7 Å². The highest BCUT2D eigenvalue weighted by atomic mass is 31.2. The van der Waals surface area contributed by atoms with Gasteiger partial charge in [0.2, 0.25) is 0 Å². The Morgan fingerprint density at radius 3 is 1.83 bits per heavy atom. The monoisotopic (exact) mass is 802 g/mol. The Morgan fingerprint density at radius 2 is 1.28 bits per heavy atom. The molecule has 5 aliphatic rings. The summed E-state index contributed by atoms with van der Waals surface area (Å²) in [7, 11) is -1.93. The molecule has 5 heteroatoms. The largest absolute Gasteiger partial charge is 0.481 e. The van der Waals surface area contributed by atoms with Crippen molar-refractivity contribution in [2.24, 2.45) is 56.7 Å². The third-order valence-corrected chi connectivity index (χ3v) is 22.9. The van der Waals surface area contributed by atoms with E-state index in [0.717, 1.165) is 70.4 Å². The van der Waals surface area contributed by atoms with Crippen LogP contribution in [0, 0.1) is 56.7 Å². The molecule has 1 N–H and O–H groups in total. The van der Waals surface area contributed by atoms with Gasteiger partial charge >= 0.3 is 11.9 Å². The molecule has 3 aromatic rings. The fraction of sp³-hybridized carbons (Fsp3) is 0.585. The molecule has 10 atom stereocenters. The summed E-state index contributed by atoms with van der Waals surface area (Å²) in [6.07, 6.45) is 13.4. The van der Waals surface area contributed by atoms with Crippen LogP contribution in [0.4, 0.5) is 0 Å². The highest BCUT2D eigenvalue weighted by Crippen LogP contribution is 2.77. The Hall–Kier alpha value is -3.23. The van der Waals surface area contributed by atoms with E-state index >= 15 is 0 Å². The first-order valence-electron chi connectivity index (χ1n) is 22.8. The van der Waals surface area contributed by atoms with Gasteiger partial charge < -0.3 is 9.84 Å². The molecule has 310 valence electrons. The first-order chi connectivity index (χ1) is 27.6. The molecule has 3 aromatic carbocycles. The van der Waals surface area contributed by atoms with Crippen LogP contribution in [0.1, 0.15) is 125 Å². The molecule has 0 bridgehead atoms. The number of hydrogen-bond donors (Lipinski definition) is 1. The lowest BCUT2D eigenvalue weighted by Gasteiger charge is -2.72. The molecule has 0 spiro atoms. The number of esters is 1. The summed E-state index contributed by atoms with van der Waals surface area (Å²) in [4.78, 5) is 26.9. The van der Waals surface area contributed by atoms with Crippen LogP contribution in [0.2, 0.25) is 0 Å². The molecule has 58 heavy (non-hydrogen) atoms. The minimum atomic E-state index is -1.93. The van der Waals surface area contributed by atoms with Crippen molar-refractivity contribution in [3.63, 3.8) is 0 Å². The maximum atomic E-state index is 13.8. The lowest BCUT2D eigenvalue weighted by atomic mass is 9.32. The van der Waals surface area contributed by atoms with E-state index in [-0.39, 0.29) is 39.7 Å². The molecule has 0 aliphatic heterocycles. The zero-order valence-corrected chi connectivity index (χ0v) is 37.2. The number of benzene rings is 3. The second-order valence-corrected chi connectivity index (χ2v) is 24.6. The fourth-order valence-electron chi connectivity index (χ4n) is 15.4. The highest BCUT2D eigenvalue weighted by molar-refractivity contribution is 7.95. The number of aliphatic carboxylic acids is 1. The molecular weight excluding hydrogens is 732 g/mol. The van der Waals surface area contributed by atoms with Gasteiger partial charge in [-0.05, 0) is 166 Å². The van der Waals surface area contributed by atoms with Crippen LogP contribution in [0.3, 0.4) is 0 Å². The van der Waals surface area contributed by atoms with Gasteiger partial charge in [0.1, 0.15) is 29.3 Å². The fourth-order valence-corrected chi connectivity index (χ4v) is 19.8. The maximum absolute atomic E-state index is 13.8. The van der Waals surface area contributed by atoms with Gasteiger partial charge in [-0.2, -0.15) is 0 Å². The molecular formula is C53H70O4P+. The van der Waals surface area contributed by atoms with E-state index in [2.05, 4.69) is 139 Å². The van der Waals surface area contributed by atoms with Gasteiger partial charge in [0.05, 0.1) is 11.6 Å². The van der Waals surface area contributed by atoms with Crippen LogP contribution in [0.5, 0.6) is 0 Å². The predicted molar refractivity (Wildman–Crippen MR) is 240 cm³/mol.